The van der Waals surface area contributed by atoms with Crippen molar-refractivity contribution in [2.24, 2.45) is 0 Å². The van der Waals surface area contributed by atoms with E-state index in [1.807, 2.05) is 13.1 Å². The Hall–Kier alpha value is -2.74. The Morgan fingerprint density at radius 1 is 1.36 bits per heavy atom. The van der Waals surface area contributed by atoms with Gasteiger partial charge in [0.1, 0.15) is 23.2 Å². The number of rotatable bonds is 7. The number of carbonyl (C=O) groups is 1. The Morgan fingerprint density at radius 2 is 2.14 bits per heavy atom. The van der Waals surface area contributed by atoms with Gasteiger partial charge in [-0.3, -0.25) is 4.79 Å². The molecular formula is C20H26FN5O2. The fourth-order valence-electron chi connectivity index (χ4n) is 3.10. The van der Waals surface area contributed by atoms with E-state index in [1.54, 1.807) is 11.9 Å². The van der Waals surface area contributed by atoms with Crippen LogP contribution in [0.3, 0.4) is 0 Å². The van der Waals surface area contributed by atoms with Crippen molar-refractivity contribution in [3.05, 3.63) is 47.7 Å². The molecule has 1 aliphatic rings. The highest BCUT2D eigenvalue weighted by Crippen LogP contribution is 2.22. The van der Waals surface area contributed by atoms with Gasteiger partial charge in [0, 0.05) is 32.6 Å². The van der Waals surface area contributed by atoms with Crippen LogP contribution in [0.25, 0.3) is 0 Å². The molecule has 2 heterocycles. The topological polar surface area (TPSA) is 79.4 Å². The van der Waals surface area contributed by atoms with E-state index in [-0.39, 0.29) is 24.2 Å². The lowest BCUT2D eigenvalue weighted by atomic mass is 9.99. The zero-order valence-electron chi connectivity index (χ0n) is 16.2. The van der Waals surface area contributed by atoms with Crippen molar-refractivity contribution in [3.63, 3.8) is 0 Å². The first kappa shape index (κ1) is 20.0. The van der Waals surface area contributed by atoms with Crippen LogP contribution < -0.4 is 15.4 Å². The molecule has 1 fully saturated rings. The number of hydrogen-bond acceptors (Lipinski definition) is 6. The lowest BCUT2D eigenvalue weighted by Crippen LogP contribution is -2.32. The third-order valence-electron chi connectivity index (χ3n) is 4.72. The van der Waals surface area contributed by atoms with Gasteiger partial charge in [-0.2, -0.15) is 0 Å². The minimum absolute atomic E-state index is 0.120. The highest BCUT2D eigenvalue weighted by atomic mass is 19.1. The van der Waals surface area contributed by atoms with E-state index in [1.165, 1.54) is 24.3 Å². The number of aromatic nitrogens is 2. The van der Waals surface area contributed by atoms with Crippen LogP contribution in [-0.4, -0.2) is 54.6 Å². The Balaban J connectivity index is 1.62. The number of likely N-dealkylation sites (N-methyl/N-ethyl adjacent to an activating group) is 1. The molecule has 1 amide bonds. The molecule has 1 aliphatic heterocycles. The Morgan fingerprint density at radius 3 is 2.82 bits per heavy atom. The summed E-state index contributed by atoms with van der Waals surface area (Å²) in [5.74, 6) is 1.75. The zero-order chi connectivity index (χ0) is 19.9. The van der Waals surface area contributed by atoms with Gasteiger partial charge in [0.15, 0.2) is 6.61 Å². The van der Waals surface area contributed by atoms with Crippen LogP contribution in [0.5, 0.6) is 5.75 Å². The number of nitrogens with one attached hydrogen (secondary N) is 2. The fraction of sp³-hybridized carbons (Fsp3) is 0.450. The molecule has 8 heteroatoms. The van der Waals surface area contributed by atoms with Crippen LogP contribution in [0, 0.1) is 5.82 Å². The number of anilines is 1. The van der Waals surface area contributed by atoms with Crippen LogP contribution >= 0.6 is 0 Å². The zero-order valence-corrected chi connectivity index (χ0v) is 16.2. The molecule has 0 spiro atoms. The van der Waals surface area contributed by atoms with Gasteiger partial charge in [0.05, 0.1) is 12.2 Å². The lowest BCUT2D eigenvalue weighted by molar-refractivity contribution is -0.132. The van der Waals surface area contributed by atoms with Crippen molar-refractivity contribution in [1.29, 1.82) is 0 Å². The van der Waals surface area contributed by atoms with Gasteiger partial charge in [0.2, 0.25) is 0 Å². The Labute approximate surface area is 164 Å². The molecule has 1 atom stereocenters. The molecule has 0 aliphatic carbocycles. The molecule has 150 valence electrons. The van der Waals surface area contributed by atoms with E-state index in [9.17, 15) is 9.18 Å². The van der Waals surface area contributed by atoms with Gasteiger partial charge in [-0.05, 0) is 43.7 Å². The molecule has 0 bridgehead atoms. The minimum Gasteiger partial charge on any atom is -0.484 e. The van der Waals surface area contributed by atoms with E-state index in [0.29, 0.717) is 12.3 Å². The molecule has 7 nitrogen and oxygen atoms in total. The maximum Gasteiger partial charge on any atom is 0.260 e. The third-order valence-corrected chi connectivity index (χ3v) is 4.72. The molecule has 1 aromatic carbocycles. The number of ether oxygens (including phenoxy) is 1. The van der Waals surface area contributed by atoms with Gasteiger partial charge < -0.3 is 20.3 Å². The van der Waals surface area contributed by atoms with Crippen LogP contribution in [0.2, 0.25) is 0 Å². The summed E-state index contributed by atoms with van der Waals surface area (Å²) in [5.41, 5.74) is 0.776. The molecule has 0 saturated carbocycles. The first-order valence-corrected chi connectivity index (χ1v) is 9.44. The Kier molecular flexibility index (Phi) is 6.76. The summed E-state index contributed by atoms with van der Waals surface area (Å²) < 4.78 is 18.4. The summed E-state index contributed by atoms with van der Waals surface area (Å²) >= 11 is 0. The largest absolute Gasteiger partial charge is 0.484 e. The van der Waals surface area contributed by atoms with Gasteiger partial charge in [-0.1, -0.05) is 0 Å². The maximum absolute atomic E-state index is 12.9. The quantitative estimate of drug-likeness (QED) is 0.758. The number of amides is 1. The summed E-state index contributed by atoms with van der Waals surface area (Å²) in [5, 5.41) is 6.45. The smallest absolute Gasteiger partial charge is 0.260 e. The molecular weight excluding hydrogens is 361 g/mol. The molecule has 0 radical (unpaired) electrons. The maximum atomic E-state index is 12.9. The van der Waals surface area contributed by atoms with E-state index in [4.69, 9.17) is 4.74 Å². The van der Waals surface area contributed by atoms with Gasteiger partial charge in [-0.25, -0.2) is 14.4 Å². The summed E-state index contributed by atoms with van der Waals surface area (Å²) in [6.45, 7) is 2.13. The number of nitrogens with zero attached hydrogens (tertiary/aromatic N) is 3. The van der Waals surface area contributed by atoms with E-state index >= 15 is 0 Å². The van der Waals surface area contributed by atoms with Crippen molar-refractivity contribution in [2.75, 3.05) is 39.1 Å². The summed E-state index contributed by atoms with van der Waals surface area (Å²) in [6, 6.07) is 7.44. The number of benzene rings is 1. The van der Waals surface area contributed by atoms with Gasteiger partial charge in [0.25, 0.3) is 5.91 Å². The van der Waals surface area contributed by atoms with Gasteiger partial charge >= 0.3 is 0 Å². The highest BCUT2D eigenvalue weighted by molar-refractivity contribution is 5.77. The first-order chi connectivity index (χ1) is 13.5. The average molecular weight is 387 g/mol. The number of piperidine rings is 1. The predicted octanol–water partition coefficient (Wildman–Crippen LogP) is 2.16. The lowest BCUT2D eigenvalue weighted by Gasteiger charge is -2.23. The molecule has 0 unspecified atom stereocenters. The molecule has 1 saturated heterocycles. The van der Waals surface area contributed by atoms with Crippen LogP contribution in [-0.2, 0) is 11.3 Å². The van der Waals surface area contributed by atoms with Crippen molar-refractivity contribution in [1.82, 2.24) is 20.2 Å². The van der Waals surface area contributed by atoms with Crippen LogP contribution in [0.4, 0.5) is 10.2 Å². The third kappa shape index (κ3) is 5.39. The predicted molar refractivity (Wildman–Crippen MR) is 105 cm³/mol. The van der Waals surface area contributed by atoms with E-state index in [0.717, 1.165) is 43.3 Å². The van der Waals surface area contributed by atoms with Crippen LogP contribution in [0.15, 0.2) is 30.3 Å². The summed E-state index contributed by atoms with van der Waals surface area (Å²) in [6.07, 6.45) is 2.16. The minimum atomic E-state index is -0.344. The van der Waals surface area contributed by atoms with Crippen molar-refractivity contribution in [3.8, 4) is 5.75 Å². The summed E-state index contributed by atoms with van der Waals surface area (Å²) in [7, 11) is 3.53. The van der Waals surface area contributed by atoms with Gasteiger partial charge in [-0.15, -0.1) is 0 Å². The second-order valence-electron chi connectivity index (χ2n) is 6.89. The van der Waals surface area contributed by atoms with E-state index < -0.39 is 0 Å². The SMILES string of the molecule is CNc1cc(CN(C)C(=O)COc2ccc(F)cc2)nc([C@H]2CCCNC2)n1. The first-order valence-electron chi connectivity index (χ1n) is 9.44. The second kappa shape index (κ2) is 9.45. The second-order valence-corrected chi connectivity index (χ2v) is 6.89. The summed E-state index contributed by atoms with van der Waals surface area (Å²) in [4.78, 5) is 23.2. The van der Waals surface area contributed by atoms with Crippen LogP contribution in [0.1, 0.15) is 30.3 Å². The Bertz CT molecular complexity index is 794. The number of carbonyl (C=O) groups excluding carboxylic acids is 1. The van der Waals surface area contributed by atoms with Crippen molar-refractivity contribution < 1.29 is 13.9 Å². The monoisotopic (exact) mass is 387 g/mol. The highest BCUT2D eigenvalue weighted by Gasteiger charge is 2.20. The van der Waals surface area contributed by atoms with Crippen molar-refractivity contribution >= 4 is 11.7 Å². The van der Waals surface area contributed by atoms with E-state index in [2.05, 4.69) is 20.6 Å². The normalized spacial score (nSPS) is 16.5. The molecule has 2 N–H and O–H groups in total. The van der Waals surface area contributed by atoms with Crippen molar-refractivity contribution in [2.45, 2.75) is 25.3 Å². The molecule has 3 rings (SSSR count). The molecule has 2 aromatic rings. The standard InChI is InChI=1S/C20H26FN5O2/c1-22-18-10-16(24-20(25-18)14-4-3-9-23-11-14)12-26(2)19(27)13-28-17-7-5-15(21)6-8-17/h5-8,10,14,23H,3-4,9,11-13H2,1-2H3,(H,22,24,25)/t14-/m0/s1. The average Bonchev–Trinajstić information content (AvgIpc) is 2.73. The fourth-order valence-corrected chi connectivity index (χ4v) is 3.10. The molecule has 1 aromatic heterocycles. The number of halogens is 1. The molecule has 28 heavy (non-hydrogen) atoms. The number of hydrogen-bond donors (Lipinski definition) is 2.